The summed E-state index contributed by atoms with van der Waals surface area (Å²) in [6.45, 7) is 1.69. The molecule has 0 fully saturated rings. The Kier molecular flexibility index (Phi) is 5.30. The van der Waals surface area contributed by atoms with E-state index in [1.807, 2.05) is 30.3 Å². The van der Waals surface area contributed by atoms with Crippen LogP contribution in [0.15, 0.2) is 54.6 Å². The van der Waals surface area contributed by atoms with Gasteiger partial charge >= 0.3 is 16.1 Å². The summed E-state index contributed by atoms with van der Waals surface area (Å²) in [6.07, 6.45) is 0.381. The SMILES string of the molecule is CCCS(=O)(=O)OOC(=O)c1ccc(-c2ccccc2)cc1. The fourth-order valence-electron chi connectivity index (χ4n) is 1.84. The van der Waals surface area contributed by atoms with Crippen LogP contribution in [-0.4, -0.2) is 20.1 Å². The van der Waals surface area contributed by atoms with Crippen LogP contribution in [0.25, 0.3) is 11.1 Å². The first kappa shape index (κ1) is 16.2. The lowest BCUT2D eigenvalue weighted by Crippen LogP contribution is -2.14. The van der Waals surface area contributed by atoms with E-state index in [2.05, 4.69) is 9.22 Å². The fourth-order valence-corrected chi connectivity index (χ4v) is 2.58. The molecular weight excluding hydrogens is 304 g/mol. The third kappa shape index (κ3) is 4.41. The normalized spacial score (nSPS) is 11.1. The molecule has 22 heavy (non-hydrogen) atoms. The molecule has 2 rings (SSSR count). The standard InChI is InChI=1S/C16H16O5S/c1-2-12-22(18,19)21-20-16(17)15-10-8-14(9-11-15)13-6-4-3-5-7-13/h3-11H,2,12H2,1H3. The second-order valence-electron chi connectivity index (χ2n) is 4.64. The first-order valence-electron chi connectivity index (χ1n) is 6.80. The highest BCUT2D eigenvalue weighted by Gasteiger charge is 2.16. The number of hydrogen-bond donors (Lipinski definition) is 0. The van der Waals surface area contributed by atoms with E-state index in [4.69, 9.17) is 0 Å². The summed E-state index contributed by atoms with van der Waals surface area (Å²) in [5.74, 6) is -1.05. The molecule has 0 saturated carbocycles. The van der Waals surface area contributed by atoms with Crippen LogP contribution >= 0.6 is 0 Å². The smallest absolute Gasteiger partial charge is 0.276 e. The van der Waals surface area contributed by atoms with Crippen molar-refractivity contribution in [2.24, 2.45) is 0 Å². The van der Waals surface area contributed by atoms with E-state index in [9.17, 15) is 13.2 Å². The van der Waals surface area contributed by atoms with Gasteiger partial charge in [-0.25, -0.2) is 4.79 Å². The molecule has 0 amide bonds. The van der Waals surface area contributed by atoms with Gasteiger partial charge in [-0.2, -0.15) is 8.42 Å². The van der Waals surface area contributed by atoms with Crippen LogP contribution in [0, 0.1) is 0 Å². The predicted molar refractivity (Wildman–Crippen MR) is 82.5 cm³/mol. The summed E-state index contributed by atoms with van der Waals surface area (Å²) < 4.78 is 26.8. The van der Waals surface area contributed by atoms with E-state index in [0.717, 1.165) is 11.1 Å². The molecule has 0 bridgehead atoms. The maximum Gasteiger partial charge on any atom is 0.374 e. The van der Waals surface area contributed by atoms with Crippen molar-refractivity contribution in [2.75, 3.05) is 5.75 Å². The van der Waals surface area contributed by atoms with Crippen molar-refractivity contribution in [3.63, 3.8) is 0 Å². The van der Waals surface area contributed by atoms with Gasteiger partial charge in [0, 0.05) is 0 Å². The van der Waals surface area contributed by atoms with Gasteiger partial charge in [-0.1, -0.05) is 53.7 Å². The molecule has 0 N–H and O–H groups in total. The lowest BCUT2D eigenvalue weighted by molar-refractivity contribution is -0.143. The maximum absolute atomic E-state index is 11.7. The van der Waals surface area contributed by atoms with Crippen molar-refractivity contribution in [1.82, 2.24) is 0 Å². The van der Waals surface area contributed by atoms with Crippen molar-refractivity contribution < 1.29 is 22.4 Å². The number of carbonyl (C=O) groups is 1. The van der Waals surface area contributed by atoms with Crippen LogP contribution in [-0.2, 0) is 19.3 Å². The first-order chi connectivity index (χ1) is 10.5. The second kappa shape index (κ2) is 7.20. The summed E-state index contributed by atoms with van der Waals surface area (Å²) >= 11 is 0. The highest BCUT2D eigenvalue weighted by atomic mass is 32.2. The molecule has 0 heterocycles. The molecular formula is C16H16O5S. The highest BCUT2D eigenvalue weighted by molar-refractivity contribution is 7.86. The molecule has 0 aliphatic rings. The summed E-state index contributed by atoms with van der Waals surface area (Å²) in [5, 5.41) is 0. The lowest BCUT2D eigenvalue weighted by Gasteiger charge is -2.05. The minimum Gasteiger partial charge on any atom is -0.276 e. The Labute approximate surface area is 129 Å². The molecule has 0 spiro atoms. The van der Waals surface area contributed by atoms with Gasteiger partial charge < -0.3 is 0 Å². The van der Waals surface area contributed by atoms with Crippen LogP contribution in [0.5, 0.6) is 0 Å². The van der Waals surface area contributed by atoms with E-state index in [0.29, 0.717) is 6.42 Å². The van der Waals surface area contributed by atoms with E-state index in [1.54, 1.807) is 31.2 Å². The van der Waals surface area contributed by atoms with Crippen LogP contribution in [0.4, 0.5) is 0 Å². The Bertz CT molecular complexity index is 721. The van der Waals surface area contributed by atoms with Gasteiger partial charge in [0.25, 0.3) is 0 Å². The third-order valence-electron chi connectivity index (χ3n) is 2.90. The monoisotopic (exact) mass is 320 g/mol. The summed E-state index contributed by atoms with van der Waals surface area (Å²) in [6, 6.07) is 16.3. The number of hydrogen-bond acceptors (Lipinski definition) is 5. The predicted octanol–water partition coefficient (Wildman–Crippen LogP) is 3.18. The Morgan fingerprint density at radius 1 is 0.955 bits per heavy atom. The topological polar surface area (TPSA) is 69.7 Å². The van der Waals surface area contributed by atoms with Gasteiger partial charge in [-0.05, 0) is 29.7 Å². The van der Waals surface area contributed by atoms with Crippen molar-refractivity contribution in [3.05, 3.63) is 60.2 Å². The summed E-state index contributed by atoms with van der Waals surface area (Å²) in [5.41, 5.74) is 2.17. The van der Waals surface area contributed by atoms with Crippen LogP contribution in [0.1, 0.15) is 23.7 Å². The number of carbonyl (C=O) groups excluding carboxylic acids is 1. The first-order valence-corrected chi connectivity index (χ1v) is 8.38. The third-order valence-corrected chi connectivity index (χ3v) is 4.08. The Hall–Kier alpha value is -2.18. The molecule has 0 radical (unpaired) electrons. The number of benzene rings is 2. The van der Waals surface area contributed by atoms with Crippen molar-refractivity contribution >= 4 is 16.1 Å². The van der Waals surface area contributed by atoms with Gasteiger partial charge in [0.2, 0.25) is 0 Å². The molecule has 2 aromatic rings. The quantitative estimate of drug-likeness (QED) is 0.604. The Morgan fingerprint density at radius 3 is 2.14 bits per heavy atom. The summed E-state index contributed by atoms with van der Waals surface area (Å²) in [7, 11) is -3.83. The van der Waals surface area contributed by atoms with E-state index in [-0.39, 0.29) is 11.3 Å². The minimum atomic E-state index is -3.83. The molecule has 0 saturated heterocycles. The zero-order valence-electron chi connectivity index (χ0n) is 12.1. The van der Waals surface area contributed by atoms with Crippen LogP contribution in [0.2, 0.25) is 0 Å². The molecule has 0 unspecified atom stereocenters. The summed E-state index contributed by atoms with van der Waals surface area (Å²) in [4.78, 5) is 16.1. The van der Waals surface area contributed by atoms with Crippen molar-refractivity contribution in [1.29, 1.82) is 0 Å². The second-order valence-corrected chi connectivity index (χ2v) is 6.30. The molecule has 0 aromatic heterocycles. The molecule has 0 aliphatic carbocycles. The minimum absolute atomic E-state index is 0.201. The van der Waals surface area contributed by atoms with Gasteiger partial charge in [-0.15, -0.1) is 0 Å². The van der Waals surface area contributed by atoms with Crippen molar-refractivity contribution in [2.45, 2.75) is 13.3 Å². The zero-order valence-corrected chi connectivity index (χ0v) is 12.9. The molecule has 0 aliphatic heterocycles. The van der Waals surface area contributed by atoms with Gasteiger partial charge in [0.1, 0.15) is 0 Å². The largest absolute Gasteiger partial charge is 0.374 e. The molecule has 6 heteroatoms. The number of rotatable bonds is 6. The lowest BCUT2D eigenvalue weighted by atomic mass is 10.0. The molecule has 2 aromatic carbocycles. The Balaban J connectivity index is 2.03. The fraction of sp³-hybridized carbons (Fsp3) is 0.188. The average molecular weight is 320 g/mol. The maximum atomic E-state index is 11.7. The highest BCUT2D eigenvalue weighted by Crippen LogP contribution is 2.19. The molecule has 116 valence electrons. The van der Waals surface area contributed by atoms with Gasteiger partial charge in [0.15, 0.2) is 0 Å². The zero-order chi connectivity index (χ0) is 16.0. The molecule has 0 atom stereocenters. The van der Waals surface area contributed by atoms with E-state index < -0.39 is 16.1 Å². The van der Waals surface area contributed by atoms with Crippen molar-refractivity contribution in [3.8, 4) is 11.1 Å². The van der Waals surface area contributed by atoms with Gasteiger partial charge in [-0.3, -0.25) is 4.89 Å². The van der Waals surface area contributed by atoms with Crippen LogP contribution < -0.4 is 0 Å². The van der Waals surface area contributed by atoms with Crippen LogP contribution in [0.3, 0.4) is 0 Å². The van der Waals surface area contributed by atoms with E-state index in [1.165, 1.54) is 0 Å². The Morgan fingerprint density at radius 2 is 1.55 bits per heavy atom. The van der Waals surface area contributed by atoms with Gasteiger partial charge in [0.05, 0.1) is 11.3 Å². The average Bonchev–Trinajstić information content (AvgIpc) is 2.54. The molecule has 5 nitrogen and oxygen atoms in total. The van der Waals surface area contributed by atoms with E-state index >= 15 is 0 Å².